The van der Waals surface area contributed by atoms with Gasteiger partial charge in [-0.25, -0.2) is 0 Å². The molecular formula is C10H10ClNO3. The summed E-state index contributed by atoms with van der Waals surface area (Å²) in [4.78, 5) is 20.7. The van der Waals surface area contributed by atoms with Crippen LogP contribution in [0.3, 0.4) is 0 Å². The van der Waals surface area contributed by atoms with Crippen molar-refractivity contribution in [2.75, 3.05) is 0 Å². The smallest absolute Gasteiger partial charge is 0.269 e. The van der Waals surface area contributed by atoms with Gasteiger partial charge in [0.15, 0.2) is 0 Å². The summed E-state index contributed by atoms with van der Waals surface area (Å²) >= 11 is 5.68. The van der Waals surface area contributed by atoms with E-state index in [1.165, 1.54) is 12.1 Å². The molecule has 0 aromatic heterocycles. The van der Waals surface area contributed by atoms with Gasteiger partial charge in [0, 0.05) is 23.9 Å². The van der Waals surface area contributed by atoms with Gasteiger partial charge in [0.2, 0.25) is 0 Å². The number of non-ortho nitro benzene ring substituents is 1. The SMILES string of the molecule is CC(C=O)c1cc([N+](=O)[O-])ccc1CCl. The molecule has 0 spiro atoms. The van der Waals surface area contributed by atoms with Crippen molar-refractivity contribution < 1.29 is 9.72 Å². The molecule has 0 radical (unpaired) electrons. The Balaban J connectivity index is 3.24. The molecule has 4 nitrogen and oxygen atoms in total. The van der Waals surface area contributed by atoms with Crippen LogP contribution in [0.25, 0.3) is 0 Å². The second-order valence-corrected chi connectivity index (χ2v) is 3.47. The van der Waals surface area contributed by atoms with Crippen molar-refractivity contribution in [3.05, 3.63) is 39.4 Å². The number of hydrogen-bond acceptors (Lipinski definition) is 3. The zero-order valence-electron chi connectivity index (χ0n) is 8.14. The molecule has 15 heavy (non-hydrogen) atoms. The van der Waals surface area contributed by atoms with E-state index in [0.29, 0.717) is 5.56 Å². The molecule has 5 heteroatoms. The molecule has 1 atom stereocenters. The van der Waals surface area contributed by atoms with Crippen molar-refractivity contribution in [2.24, 2.45) is 0 Å². The van der Waals surface area contributed by atoms with Crippen LogP contribution in [-0.4, -0.2) is 11.2 Å². The molecule has 0 saturated carbocycles. The Labute approximate surface area is 92.0 Å². The first-order chi connectivity index (χ1) is 7.10. The molecule has 0 saturated heterocycles. The fourth-order valence-electron chi connectivity index (χ4n) is 1.31. The highest BCUT2D eigenvalue weighted by molar-refractivity contribution is 6.17. The number of carbonyl (C=O) groups excluding carboxylic acids is 1. The van der Waals surface area contributed by atoms with E-state index in [-0.39, 0.29) is 17.5 Å². The van der Waals surface area contributed by atoms with Gasteiger partial charge in [0.1, 0.15) is 6.29 Å². The zero-order chi connectivity index (χ0) is 11.4. The summed E-state index contributed by atoms with van der Waals surface area (Å²) in [5, 5.41) is 10.5. The van der Waals surface area contributed by atoms with Gasteiger partial charge in [-0.1, -0.05) is 13.0 Å². The molecule has 0 aliphatic heterocycles. The van der Waals surface area contributed by atoms with E-state index in [2.05, 4.69) is 0 Å². The number of aldehydes is 1. The van der Waals surface area contributed by atoms with Gasteiger partial charge in [-0.2, -0.15) is 0 Å². The summed E-state index contributed by atoms with van der Waals surface area (Å²) in [7, 11) is 0. The van der Waals surface area contributed by atoms with Crippen molar-refractivity contribution >= 4 is 23.6 Å². The van der Waals surface area contributed by atoms with E-state index < -0.39 is 4.92 Å². The fourth-order valence-corrected chi connectivity index (χ4v) is 1.56. The van der Waals surface area contributed by atoms with E-state index in [1.807, 2.05) is 0 Å². The van der Waals surface area contributed by atoms with Crippen LogP contribution in [0.4, 0.5) is 5.69 Å². The number of nitro groups is 1. The van der Waals surface area contributed by atoms with Crippen LogP contribution in [0, 0.1) is 10.1 Å². The second-order valence-electron chi connectivity index (χ2n) is 3.20. The lowest BCUT2D eigenvalue weighted by Gasteiger charge is -2.08. The van der Waals surface area contributed by atoms with Crippen molar-refractivity contribution in [2.45, 2.75) is 18.7 Å². The molecule has 0 aliphatic rings. The summed E-state index contributed by atoms with van der Waals surface area (Å²) in [5.41, 5.74) is 1.35. The van der Waals surface area contributed by atoms with Crippen LogP contribution in [0.5, 0.6) is 0 Å². The number of nitrogens with zero attached hydrogens (tertiary/aromatic N) is 1. The average molecular weight is 228 g/mol. The molecule has 1 aromatic rings. The largest absolute Gasteiger partial charge is 0.303 e. The Hall–Kier alpha value is -1.42. The van der Waals surface area contributed by atoms with Crippen LogP contribution < -0.4 is 0 Å². The van der Waals surface area contributed by atoms with Gasteiger partial charge in [0.05, 0.1) is 4.92 Å². The quantitative estimate of drug-likeness (QED) is 0.344. The van der Waals surface area contributed by atoms with Crippen LogP contribution in [0.15, 0.2) is 18.2 Å². The highest BCUT2D eigenvalue weighted by Gasteiger charge is 2.14. The number of rotatable bonds is 4. The van der Waals surface area contributed by atoms with Gasteiger partial charge in [-0.15, -0.1) is 11.6 Å². The maximum absolute atomic E-state index is 10.6. The summed E-state index contributed by atoms with van der Waals surface area (Å²) in [6.45, 7) is 1.68. The highest BCUT2D eigenvalue weighted by Crippen LogP contribution is 2.25. The van der Waals surface area contributed by atoms with E-state index >= 15 is 0 Å². The topological polar surface area (TPSA) is 60.2 Å². The molecule has 0 aliphatic carbocycles. The van der Waals surface area contributed by atoms with Crippen molar-refractivity contribution in [3.63, 3.8) is 0 Å². The Morgan fingerprint density at radius 3 is 2.73 bits per heavy atom. The van der Waals surface area contributed by atoms with E-state index in [4.69, 9.17) is 11.6 Å². The zero-order valence-corrected chi connectivity index (χ0v) is 8.90. The molecule has 0 N–H and O–H groups in total. The Kier molecular flexibility index (Phi) is 3.80. The Morgan fingerprint density at radius 1 is 1.60 bits per heavy atom. The van der Waals surface area contributed by atoms with Crippen LogP contribution >= 0.6 is 11.6 Å². The number of hydrogen-bond donors (Lipinski definition) is 0. The van der Waals surface area contributed by atoms with Crippen molar-refractivity contribution in [1.29, 1.82) is 0 Å². The van der Waals surface area contributed by atoms with E-state index in [1.54, 1.807) is 13.0 Å². The minimum absolute atomic E-state index is 0.0208. The third-order valence-corrected chi connectivity index (χ3v) is 2.47. The van der Waals surface area contributed by atoms with Crippen molar-refractivity contribution in [1.82, 2.24) is 0 Å². The first kappa shape index (κ1) is 11.7. The fraction of sp³-hybridized carbons (Fsp3) is 0.300. The van der Waals surface area contributed by atoms with Gasteiger partial charge in [-0.05, 0) is 11.1 Å². The molecule has 0 bridgehead atoms. The predicted octanol–water partition coefficient (Wildman–Crippen LogP) is 2.64. The molecule has 1 unspecified atom stereocenters. The lowest BCUT2D eigenvalue weighted by molar-refractivity contribution is -0.384. The van der Waals surface area contributed by atoms with Gasteiger partial charge in [-0.3, -0.25) is 10.1 Å². The number of benzene rings is 1. The normalized spacial score (nSPS) is 12.1. The molecule has 0 amide bonds. The summed E-state index contributed by atoms with van der Waals surface area (Å²) in [6, 6.07) is 4.37. The predicted molar refractivity (Wildman–Crippen MR) is 57.1 cm³/mol. The average Bonchev–Trinajstić information content (AvgIpc) is 2.27. The molecule has 1 rings (SSSR count). The minimum atomic E-state index is -0.487. The monoisotopic (exact) mass is 227 g/mol. The third-order valence-electron chi connectivity index (χ3n) is 2.18. The van der Waals surface area contributed by atoms with Crippen LogP contribution in [-0.2, 0) is 10.7 Å². The minimum Gasteiger partial charge on any atom is -0.303 e. The number of halogens is 1. The van der Waals surface area contributed by atoms with Crippen molar-refractivity contribution in [3.8, 4) is 0 Å². The second kappa shape index (κ2) is 4.89. The summed E-state index contributed by atoms with van der Waals surface area (Å²) in [5.74, 6) is -0.135. The lowest BCUT2D eigenvalue weighted by Crippen LogP contribution is -2.00. The highest BCUT2D eigenvalue weighted by atomic mass is 35.5. The Morgan fingerprint density at radius 2 is 2.27 bits per heavy atom. The summed E-state index contributed by atoms with van der Waals surface area (Å²) < 4.78 is 0. The Bertz CT molecular complexity index is 392. The first-order valence-electron chi connectivity index (χ1n) is 4.38. The maximum Gasteiger partial charge on any atom is 0.269 e. The van der Waals surface area contributed by atoms with Gasteiger partial charge < -0.3 is 4.79 Å². The maximum atomic E-state index is 10.6. The lowest BCUT2D eigenvalue weighted by atomic mass is 9.97. The number of carbonyl (C=O) groups is 1. The molecule has 1 aromatic carbocycles. The molecule has 80 valence electrons. The number of nitro benzene ring substituents is 1. The van der Waals surface area contributed by atoms with E-state index in [9.17, 15) is 14.9 Å². The van der Waals surface area contributed by atoms with Gasteiger partial charge in [0.25, 0.3) is 5.69 Å². The molecule has 0 heterocycles. The van der Waals surface area contributed by atoms with E-state index in [0.717, 1.165) is 11.8 Å². The standard InChI is InChI=1S/C10H10ClNO3/c1-7(6-13)10-4-9(12(14)15)3-2-8(10)5-11/h2-4,6-7H,5H2,1H3. The van der Waals surface area contributed by atoms with Gasteiger partial charge >= 0.3 is 0 Å². The molecule has 0 fully saturated rings. The summed E-state index contributed by atoms with van der Waals surface area (Å²) in [6.07, 6.45) is 0.745. The van der Waals surface area contributed by atoms with Crippen LogP contribution in [0.1, 0.15) is 24.0 Å². The third kappa shape index (κ3) is 2.53. The van der Waals surface area contributed by atoms with Crippen LogP contribution in [0.2, 0.25) is 0 Å². The first-order valence-corrected chi connectivity index (χ1v) is 4.92. The number of alkyl halides is 1. The molecular weight excluding hydrogens is 218 g/mol.